The highest BCUT2D eigenvalue weighted by Gasteiger charge is 2.28. The Kier molecular flexibility index (Phi) is 11.2. The van der Waals surface area contributed by atoms with Crippen LogP contribution in [0.2, 0.25) is 0 Å². The number of guanidine groups is 1. The Balaban J connectivity index is 4.67. The lowest BCUT2D eigenvalue weighted by Gasteiger charge is -2.25. The summed E-state index contributed by atoms with van der Waals surface area (Å²) in [4.78, 5) is 35.9. The number of nitrogens with one attached hydrogen (secondary N) is 4. The van der Waals surface area contributed by atoms with Gasteiger partial charge in [0, 0.05) is 6.54 Å². The molecule has 0 aliphatic heterocycles. The summed E-state index contributed by atoms with van der Waals surface area (Å²) in [5.74, 6) is -0.818. The molecule has 0 aromatic carbocycles. The van der Waals surface area contributed by atoms with Gasteiger partial charge in [0.25, 0.3) is 0 Å². The Morgan fingerprint density at radius 2 is 1.73 bits per heavy atom. The van der Waals surface area contributed by atoms with E-state index < -0.39 is 24.0 Å². The summed E-state index contributed by atoms with van der Waals surface area (Å²) in [5.41, 5.74) is 11.0. The van der Waals surface area contributed by atoms with Crippen LogP contribution in [0.4, 0.5) is 0 Å². The van der Waals surface area contributed by atoms with Gasteiger partial charge in [-0.15, -0.1) is 0 Å². The molecule has 0 radical (unpaired) electrons. The van der Waals surface area contributed by atoms with Gasteiger partial charge in [-0.3, -0.25) is 15.0 Å². The molecule has 0 aliphatic carbocycles. The van der Waals surface area contributed by atoms with Crippen LogP contribution in [0.3, 0.4) is 0 Å². The molecule has 0 fully saturated rings. The topological polar surface area (TPSA) is 163 Å². The Labute approximate surface area is 155 Å². The Morgan fingerprint density at radius 3 is 2.19 bits per heavy atom. The van der Waals surface area contributed by atoms with Gasteiger partial charge >= 0.3 is 0 Å². The molecule has 9 heteroatoms. The van der Waals surface area contributed by atoms with Gasteiger partial charge in [-0.05, 0) is 31.1 Å². The molecule has 0 spiro atoms. The van der Waals surface area contributed by atoms with E-state index in [9.17, 15) is 14.4 Å². The van der Waals surface area contributed by atoms with E-state index in [0.717, 1.165) is 0 Å². The van der Waals surface area contributed by atoms with Crippen LogP contribution in [-0.4, -0.2) is 48.7 Å². The van der Waals surface area contributed by atoms with Crippen molar-refractivity contribution in [2.24, 2.45) is 23.3 Å². The van der Waals surface area contributed by atoms with Crippen molar-refractivity contribution < 1.29 is 14.4 Å². The van der Waals surface area contributed by atoms with E-state index in [1.54, 1.807) is 0 Å². The molecule has 0 aromatic rings. The molecule has 3 unspecified atom stereocenters. The van der Waals surface area contributed by atoms with Gasteiger partial charge in [0.05, 0.1) is 12.1 Å². The molecule has 0 bridgehead atoms. The van der Waals surface area contributed by atoms with E-state index in [1.807, 2.05) is 27.7 Å². The standard InChI is InChI=1S/C17H34N6O3/c1-10(2)8-13(18)15(25)23-14(11(3)4)16(26)22-12(9-24)6-5-7-21-17(19)20/h9-14H,5-8,18H2,1-4H3,(H,22,26)(H,23,25)(H4,19,20,21). The summed E-state index contributed by atoms with van der Waals surface area (Å²) in [6.07, 6.45) is 2.15. The predicted octanol–water partition coefficient (Wildman–Crippen LogP) is -0.552. The maximum atomic E-state index is 12.5. The van der Waals surface area contributed by atoms with Crippen molar-refractivity contribution in [1.82, 2.24) is 16.0 Å². The van der Waals surface area contributed by atoms with E-state index in [1.165, 1.54) is 0 Å². The van der Waals surface area contributed by atoms with E-state index in [4.69, 9.17) is 16.9 Å². The minimum absolute atomic E-state index is 0.142. The molecular weight excluding hydrogens is 336 g/mol. The zero-order valence-corrected chi connectivity index (χ0v) is 16.2. The largest absolute Gasteiger partial charge is 0.370 e. The van der Waals surface area contributed by atoms with Crippen molar-refractivity contribution in [1.29, 1.82) is 5.41 Å². The van der Waals surface area contributed by atoms with Crippen LogP contribution in [0, 0.1) is 17.2 Å². The molecule has 0 saturated carbocycles. The fourth-order valence-electron chi connectivity index (χ4n) is 2.40. The first-order chi connectivity index (χ1) is 12.1. The van der Waals surface area contributed by atoms with E-state index in [0.29, 0.717) is 32.1 Å². The van der Waals surface area contributed by atoms with Crippen molar-refractivity contribution in [3.8, 4) is 0 Å². The van der Waals surface area contributed by atoms with Crippen molar-refractivity contribution >= 4 is 24.1 Å². The summed E-state index contributed by atoms with van der Waals surface area (Å²) in [6.45, 7) is 7.99. The van der Waals surface area contributed by atoms with Gasteiger partial charge in [0.15, 0.2) is 5.96 Å². The highest BCUT2D eigenvalue weighted by Crippen LogP contribution is 2.07. The maximum absolute atomic E-state index is 12.5. The van der Waals surface area contributed by atoms with Gasteiger partial charge in [0.2, 0.25) is 11.8 Å². The van der Waals surface area contributed by atoms with Crippen molar-refractivity contribution in [2.75, 3.05) is 6.54 Å². The van der Waals surface area contributed by atoms with Gasteiger partial charge in [0.1, 0.15) is 12.3 Å². The van der Waals surface area contributed by atoms with E-state index >= 15 is 0 Å². The van der Waals surface area contributed by atoms with E-state index in [-0.39, 0.29) is 23.7 Å². The lowest BCUT2D eigenvalue weighted by Crippen LogP contribution is -2.55. The fraction of sp³-hybridized carbons (Fsp3) is 0.765. The summed E-state index contributed by atoms with van der Waals surface area (Å²) in [6, 6.07) is -2.11. The lowest BCUT2D eigenvalue weighted by molar-refractivity contribution is -0.131. The molecule has 0 heterocycles. The second-order valence-electron chi connectivity index (χ2n) is 7.20. The molecular formula is C17H34N6O3. The summed E-state index contributed by atoms with van der Waals surface area (Å²) in [7, 11) is 0. The second-order valence-corrected chi connectivity index (χ2v) is 7.20. The van der Waals surface area contributed by atoms with Crippen molar-refractivity contribution in [3.63, 3.8) is 0 Å². The van der Waals surface area contributed by atoms with Crippen molar-refractivity contribution in [3.05, 3.63) is 0 Å². The van der Waals surface area contributed by atoms with Crippen LogP contribution >= 0.6 is 0 Å². The summed E-state index contributed by atoms with van der Waals surface area (Å²) in [5, 5.41) is 15.0. The minimum Gasteiger partial charge on any atom is -0.370 e. The molecule has 2 amide bonds. The molecule has 9 nitrogen and oxygen atoms in total. The second kappa shape index (κ2) is 12.2. The first kappa shape index (κ1) is 23.8. The Bertz CT molecular complexity index is 481. The van der Waals surface area contributed by atoms with Gasteiger partial charge in [-0.25, -0.2) is 0 Å². The SMILES string of the molecule is CC(C)CC(N)C(=O)NC(C(=O)NC(C=O)CCCNC(=N)N)C(C)C. The average Bonchev–Trinajstić information content (AvgIpc) is 2.53. The van der Waals surface area contributed by atoms with Crippen LogP contribution in [0.5, 0.6) is 0 Å². The molecule has 0 aliphatic rings. The van der Waals surface area contributed by atoms with Crippen molar-refractivity contribution in [2.45, 2.75) is 65.1 Å². The maximum Gasteiger partial charge on any atom is 0.243 e. The summed E-state index contributed by atoms with van der Waals surface area (Å²) < 4.78 is 0. The third-order valence-corrected chi connectivity index (χ3v) is 3.81. The van der Waals surface area contributed by atoms with Gasteiger partial charge in [-0.2, -0.15) is 0 Å². The van der Waals surface area contributed by atoms with Crippen LogP contribution in [0.15, 0.2) is 0 Å². The van der Waals surface area contributed by atoms with Gasteiger partial charge < -0.3 is 32.2 Å². The van der Waals surface area contributed by atoms with Crippen LogP contribution in [-0.2, 0) is 14.4 Å². The molecule has 0 saturated heterocycles. The zero-order valence-electron chi connectivity index (χ0n) is 16.2. The zero-order chi connectivity index (χ0) is 20.3. The third-order valence-electron chi connectivity index (χ3n) is 3.81. The third kappa shape index (κ3) is 9.97. The predicted molar refractivity (Wildman–Crippen MR) is 101 cm³/mol. The van der Waals surface area contributed by atoms with Crippen LogP contribution in [0.1, 0.15) is 47.0 Å². The van der Waals surface area contributed by atoms with Crippen LogP contribution in [0.25, 0.3) is 0 Å². The number of hydrogen-bond donors (Lipinski definition) is 6. The first-order valence-electron chi connectivity index (χ1n) is 8.98. The molecule has 8 N–H and O–H groups in total. The molecule has 0 aromatic heterocycles. The minimum atomic E-state index is -0.765. The molecule has 150 valence electrons. The number of rotatable bonds is 12. The Hall–Kier alpha value is -2.16. The van der Waals surface area contributed by atoms with Crippen LogP contribution < -0.4 is 27.4 Å². The lowest BCUT2D eigenvalue weighted by atomic mass is 10.00. The summed E-state index contributed by atoms with van der Waals surface area (Å²) >= 11 is 0. The monoisotopic (exact) mass is 370 g/mol. The number of aldehydes is 1. The average molecular weight is 370 g/mol. The number of nitrogens with two attached hydrogens (primary N) is 2. The smallest absolute Gasteiger partial charge is 0.243 e. The molecule has 26 heavy (non-hydrogen) atoms. The van der Waals surface area contributed by atoms with Gasteiger partial charge in [-0.1, -0.05) is 27.7 Å². The highest BCUT2D eigenvalue weighted by atomic mass is 16.2. The Morgan fingerprint density at radius 1 is 1.12 bits per heavy atom. The normalized spacial score (nSPS) is 14.4. The van der Waals surface area contributed by atoms with E-state index in [2.05, 4.69) is 16.0 Å². The fourth-order valence-corrected chi connectivity index (χ4v) is 2.40. The number of carbonyl (C=O) groups excluding carboxylic acids is 3. The quantitative estimate of drug-likeness (QED) is 0.117. The molecule has 0 rings (SSSR count). The number of carbonyl (C=O) groups is 3. The number of amides is 2. The molecule has 3 atom stereocenters. The first-order valence-corrected chi connectivity index (χ1v) is 8.98. The highest BCUT2D eigenvalue weighted by molar-refractivity contribution is 5.90. The number of hydrogen-bond acceptors (Lipinski definition) is 5.